The van der Waals surface area contributed by atoms with Gasteiger partial charge in [-0.05, 0) is 19.3 Å². The van der Waals surface area contributed by atoms with E-state index in [1.807, 2.05) is 0 Å². The highest BCUT2D eigenvalue weighted by Gasteiger charge is 2.17. The third-order valence-electron chi connectivity index (χ3n) is 1.52. The van der Waals surface area contributed by atoms with Crippen LogP contribution in [-0.2, 0) is 9.47 Å². The number of rotatable bonds is 1. The van der Waals surface area contributed by atoms with Crippen LogP contribution in [0.1, 0.15) is 19.3 Å². The molecule has 2 N–H and O–H groups in total. The summed E-state index contributed by atoms with van der Waals surface area (Å²) in [6, 6.07) is 0. The smallest absolute Gasteiger partial charge is 0.159 e. The van der Waals surface area contributed by atoms with Gasteiger partial charge in [0.15, 0.2) is 6.29 Å². The summed E-state index contributed by atoms with van der Waals surface area (Å²) in [4.78, 5) is 0. The SMILES string of the molecule is COC1CCCC(N)O1. The van der Waals surface area contributed by atoms with Crippen LogP contribution in [0.15, 0.2) is 0 Å². The molecule has 1 rings (SSSR count). The van der Waals surface area contributed by atoms with Gasteiger partial charge in [-0.25, -0.2) is 0 Å². The Hall–Kier alpha value is -0.120. The van der Waals surface area contributed by atoms with Gasteiger partial charge in [0.2, 0.25) is 0 Å². The lowest BCUT2D eigenvalue weighted by Gasteiger charge is -2.25. The molecule has 0 spiro atoms. The van der Waals surface area contributed by atoms with Crippen LogP contribution >= 0.6 is 0 Å². The maximum absolute atomic E-state index is 5.50. The Kier molecular flexibility index (Phi) is 2.45. The molecular formula is C6H13NO2. The Bertz CT molecular complexity index is 87.1. The first-order chi connectivity index (χ1) is 4.33. The maximum atomic E-state index is 5.50. The molecule has 1 fully saturated rings. The fourth-order valence-electron chi connectivity index (χ4n) is 0.990. The van der Waals surface area contributed by atoms with Crippen LogP contribution in [0.3, 0.4) is 0 Å². The molecule has 1 heterocycles. The molecule has 9 heavy (non-hydrogen) atoms. The normalized spacial score (nSPS) is 36.7. The Balaban J connectivity index is 2.23. The highest BCUT2D eigenvalue weighted by atomic mass is 16.7. The minimum atomic E-state index is -0.108. The lowest BCUT2D eigenvalue weighted by Crippen LogP contribution is -2.34. The Morgan fingerprint density at radius 1 is 1.56 bits per heavy atom. The summed E-state index contributed by atoms with van der Waals surface area (Å²) in [7, 11) is 1.64. The Morgan fingerprint density at radius 3 is 2.78 bits per heavy atom. The molecule has 0 aliphatic carbocycles. The summed E-state index contributed by atoms with van der Waals surface area (Å²) in [5.74, 6) is 0. The van der Waals surface area contributed by atoms with Gasteiger partial charge in [-0.2, -0.15) is 0 Å². The van der Waals surface area contributed by atoms with Gasteiger partial charge in [0.05, 0.1) is 0 Å². The zero-order valence-corrected chi connectivity index (χ0v) is 5.67. The molecule has 54 valence electrons. The molecule has 0 saturated carbocycles. The van der Waals surface area contributed by atoms with Crippen molar-refractivity contribution in [3.63, 3.8) is 0 Å². The van der Waals surface area contributed by atoms with Crippen molar-refractivity contribution in [1.82, 2.24) is 0 Å². The minimum Gasteiger partial charge on any atom is -0.356 e. The zero-order valence-electron chi connectivity index (χ0n) is 5.67. The summed E-state index contributed by atoms with van der Waals surface area (Å²) in [5.41, 5.74) is 5.50. The van der Waals surface area contributed by atoms with Crippen molar-refractivity contribution in [1.29, 1.82) is 0 Å². The summed E-state index contributed by atoms with van der Waals surface area (Å²) in [5, 5.41) is 0. The van der Waals surface area contributed by atoms with E-state index in [9.17, 15) is 0 Å². The van der Waals surface area contributed by atoms with Crippen molar-refractivity contribution in [2.75, 3.05) is 7.11 Å². The van der Waals surface area contributed by atoms with Crippen LogP contribution in [0.4, 0.5) is 0 Å². The predicted molar refractivity (Wildman–Crippen MR) is 33.7 cm³/mol. The topological polar surface area (TPSA) is 44.5 Å². The van der Waals surface area contributed by atoms with Crippen molar-refractivity contribution in [2.24, 2.45) is 5.73 Å². The second kappa shape index (κ2) is 3.15. The predicted octanol–water partition coefficient (Wildman–Crippen LogP) is 0.444. The summed E-state index contributed by atoms with van der Waals surface area (Å²) < 4.78 is 10.2. The van der Waals surface area contributed by atoms with E-state index in [0.717, 1.165) is 19.3 Å². The van der Waals surface area contributed by atoms with E-state index in [1.165, 1.54) is 0 Å². The van der Waals surface area contributed by atoms with E-state index in [-0.39, 0.29) is 12.5 Å². The van der Waals surface area contributed by atoms with E-state index in [4.69, 9.17) is 15.2 Å². The Morgan fingerprint density at radius 2 is 2.33 bits per heavy atom. The first kappa shape index (κ1) is 6.99. The molecule has 0 amide bonds. The molecule has 0 aromatic carbocycles. The number of methoxy groups -OCH3 is 1. The van der Waals surface area contributed by atoms with E-state index in [2.05, 4.69) is 0 Å². The van der Waals surface area contributed by atoms with Gasteiger partial charge in [-0.15, -0.1) is 0 Å². The third kappa shape index (κ3) is 1.93. The van der Waals surface area contributed by atoms with Crippen LogP contribution in [0, 0.1) is 0 Å². The summed E-state index contributed by atoms with van der Waals surface area (Å²) in [6.07, 6.45) is 2.88. The zero-order chi connectivity index (χ0) is 6.69. The fourth-order valence-corrected chi connectivity index (χ4v) is 0.990. The molecule has 3 heteroatoms. The van der Waals surface area contributed by atoms with Gasteiger partial charge in [0.1, 0.15) is 6.23 Å². The summed E-state index contributed by atoms with van der Waals surface area (Å²) >= 11 is 0. The van der Waals surface area contributed by atoms with Crippen LogP contribution in [0.2, 0.25) is 0 Å². The minimum absolute atomic E-state index is 0.0613. The lowest BCUT2D eigenvalue weighted by molar-refractivity contribution is -0.177. The van der Waals surface area contributed by atoms with E-state index in [1.54, 1.807) is 7.11 Å². The monoisotopic (exact) mass is 131 g/mol. The molecule has 2 unspecified atom stereocenters. The molecule has 3 nitrogen and oxygen atoms in total. The second-order valence-corrected chi connectivity index (χ2v) is 2.27. The highest BCUT2D eigenvalue weighted by molar-refractivity contribution is 4.59. The van der Waals surface area contributed by atoms with Crippen LogP contribution in [-0.4, -0.2) is 19.6 Å². The summed E-state index contributed by atoms with van der Waals surface area (Å²) in [6.45, 7) is 0. The molecule has 1 aliphatic rings. The number of ether oxygens (including phenoxy) is 2. The molecule has 1 saturated heterocycles. The molecule has 0 bridgehead atoms. The van der Waals surface area contributed by atoms with Gasteiger partial charge in [-0.1, -0.05) is 0 Å². The molecule has 0 radical (unpaired) electrons. The van der Waals surface area contributed by atoms with E-state index in [0.29, 0.717) is 0 Å². The van der Waals surface area contributed by atoms with Gasteiger partial charge < -0.3 is 15.2 Å². The maximum Gasteiger partial charge on any atom is 0.159 e. The quantitative estimate of drug-likeness (QED) is 0.561. The largest absolute Gasteiger partial charge is 0.356 e. The standard InChI is InChI=1S/C6H13NO2/c1-8-6-4-2-3-5(7)9-6/h5-6H,2-4,7H2,1H3. The molecule has 1 aliphatic heterocycles. The Labute approximate surface area is 55.1 Å². The van der Waals surface area contributed by atoms with Gasteiger partial charge in [0.25, 0.3) is 0 Å². The van der Waals surface area contributed by atoms with E-state index < -0.39 is 0 Å². The second-order valence-electron chi connectivity index (χ2n) is 2.27. The molecular weight excluding hydrogens is 118 g/mol. The third-order valence-corrected chi connectivity index (χ3v) is 1.52. The van der Waals surface area contributed by atoms with Crippen molar-refractivity contribution >= 4 is 0 Å². The van der Waals surface area contributed by atoms with Crippen molar-refractivity contribution in [2.45, 2.75) is 31.8 Å². The lowest BCUT2D eigenvalue weighted by atomic mass is 10.2. The van der Waals surface area contributed by atoms with Crippen LogP contribution < -0.4 is 5.73 Å². The molecule has 0 aromatic heterocycles. The van der Waals surface area contributed by atoms with Crippen LogP contribution in [0.5, 0.6) is 0 Å². The number of hydrogen-bond acceptors (Lipinski definition) is 3. The van der Waals surface area contributed by atoms with Gasteiger partial charge >= 0.3 is 0 Å². The first-order valence-electron chi connectivity index (χ1n) is 3.27. The molecule has 2 atom stereocenters. The van der Waals surface area contributed by atoms with Gasteiger partial charge in [0, 0.05) is 7.11 Å². The fraction of sp³-hybridized carbons (Fsp3) is 1.00. The number of hydrogen-bond donors (Lipinski definition) is 1. The average molecular weight is 131 g/mol. The van der Waals surface area contributed by atoms with E-state index >= 15 is 0 Å². The first-order valence-corrected chi connectivity index (χ1v) is 3.27. The van der Waals surface area contributed by atoms with Gasteiger partial charge in [-0.3, -0.25) is 0 Å². The van der Waals surface area contributed by atoms with Crippen molar-refractivity contribution in [3.8, 4) is 0 Å². The average Bonchev–Trinajstić information content (AvgIpc) is 1.88. The molecule has 0 aromatic rings. The van der Waals surface area contributed by atoms with Crippen molar-refractivity contribution < 1.29 is 9.47 Å². The highest BCUT2D eigenvalue weighted by Crippen LogP contribution is 2.15. The van der Waals surface area contributed by atoms with Crippen molar-refractivity contribution in [3.05, 3.63) is 0 Å². The number of nitrogens with two attached hydrogens (primary N) is 1. The van der Waals surface area contributed by atoms with Crippen LogP contribution in [0.25, 0.3) is 0 Å².